The molecule has 0 saturated carbocycles. The van der Waals surface area contributed by atoms with E-state index in [1.54, 1.807) is 22.9 Å². The first-order valence-electron chi connectivity index (χ1n) is 13.0. The number of nitrogens with zero attached hydrogens (tertiary/aromatic N) is 4. The number of benzene rings is 2. The molecule has 41 heavy (non-hydrogen) atoms. The van der Waals surface area contributed by atoms with Crippen molar-refractivity contribution in [3.63, 3.8) is 0 Å². The summed E-state index contributed by atoms with van der Waals surface area (Å²) in [7, 11) is 0. The Bertz CT molecular complexity index is 1650. The van der Waals surface area contributed by atoms with E-state index in [2.05, 4.69) is 37.7 Å². The number of Topliss-reactive ketones (excluding diaryl/α,β-unsaturated/α-hetero) is 2. The normalized spacial score (nSPS) is 12.8. The molecule has 0 aliphatic carbocycles. The van der Waals surface area contributed by atoms with Gasteiger partial charge in [-0.1, -0.05) is 50.2 Å². The minimum absolute atomic E-state index is 0. The topological polar surface area (TPSA) is 86.4 Å². The zero-order chi connectivity index (χ0) is 28.6. The number of aliphatic imine (C=N–C) groups is 1. The van der Waals surface area contributed by atoms with Gasteiger partial charge in [0.2, 0.25) is 0 Å². The van der Waals surface area contributed by atoms with Gasteiger partial charge in [0, 0.05) is 41.9 Å². The van der Waals surface area contributed by atoms with Gasteiger partial charge in [-0.3, -0.25) is 9.79 Å². The van der Waals surface area contributed by atoms with Crippen molar-refractivity contribution >= 4 is 23.1 Å². The average molecular weight is 561 g/mol. The number of ketones is 2. The van der Waals surface area contributed by atoms with E-state index >= 15 is 4.39 Å². The number of ether oxygens (including phenoxy) is 1. The van der Waals surface area contributed by atoms with Gasteiger partial charge < -0.3 is 9.53 Å². The molecule has 1 aliphatic heterocycles. The van der Waals surface area contributed by atoms with Gasteiger partial charge in [-0.25, -0.2) is 21.0 Å². The first-order valence-corrected chi connectivity index (χ1v) is 13.0. The number of hydrogen-bond acceptors (Lipinski definition) is 6. The van der Waals surface area contributed by atoms with Crippen LogP contribution in [0.1, 0.15) is 48.8 Å². The Kier molecular flexibility index (Phi) is 8.97. The van der Waals surface area contributed by atoms with Crippen molar-refractivity contribution in [1.82, 2.24) is 14.8 Å². The molecular formula is C32H30FN4NaO3. The molecule has 0 saturated heterocycles. The van der Waals surface area contributed by atoms with Crippen molar-refractivity contribution in [3.8, 4) is 17.2 Å². The summed E-state index contributed by atoms with van der Waals surface area (Å²) in [4.78, 5) is 33.5. The van der Waals surface area contributed by atoms with Gasteiger partial charge in [-0.15, -0.1) is 0 Å². The molecule has 2 aromatic carbocycles. The van der Waals surface area contributed by atoms with Crippen LogP contribution in [-0.2, 0) is 34.3 Å². The molecule has 9 heteroatoms. The van der Waals surface area contributed by atoms with E-state index in [4.69, 9.17) is 9.84 Å². The fourth-order valence-electron chi connectivity index (χ4n) is 4.44. The molecule has 3 heterocycles. The Hall–Kier alpha value is -3.59. The fourth-order valence-corrected chi connectivity index (χ4v) is 4.44. The number of fused-ring (bicyclic) bond motifs is 1. The van der Waals surface area contributed by atoms with Crippen molar-refractivity contribution in [3.05, 3.63) is 102 Å². The summed E-state index contributed by atoms with van der Waals surface area (Å²) in [6, 6.07) is 15.9. The smallest absolute Gasteiger partial charge is 0.457 e. The average Bonchev–Trinajstić information content (AvgIpc) is 3.31. The Morgan fingerprint density at radius 2 is 1.80 bits per heavy atom. The monoisotopic (exact) mass is 560 g/mol. The van der Waals surface area contributed by atoms with Crippen molar-refractivity contribution < 1.29 is 48.3 Å². The van der Waals surface area contributed by atoms with Crippen LogP contribution in [0.3, 0.4) is 0 Å². The van der Waals surface area contributed by atoms with Crippen molar-refractivity contribution in [2.75, 3.05) is 0 Å². The number of hydrogen-bond donors (Lipinski definition) is 0. The number of halogens is 1. The summed E-state index contributed by atoms with van der Waals surface area (Å²) in [6.45, 7) is 11.9. The summed E-state index contributed by atoms with van der Waals surface area (Å²) >= 11 is 0. The van der Waals surface area contributed by atoms with Crippen LogP contribution in [0.4, 0.5) is 10.2 Å². The number of aromatic nitrogens is 3. The summed E-state index contributed by atoms with van der Waals surface area (Å²) in [5, 5.41) is 4.79. The van der Waals surface area contributed by atoms with Crippen molar-refractivity contribution in [2.45, 2.75) is 52.4 Å². The summed E-state index contributed by atoms with van der Waals surface area (Å²) in [6.07, 6.45) is 1.61. The molecule has 5 rings (SSSR count). The number of aryl methyl sites for hydroxylation is 1. The first-order chi connectivity index (χ1) is 19.0. The Morgan fingerprint density at radius 3 is 2.49 bits per heavy atom. The minimum Gasteiger partial charge on any atom is -0.457 e. The van der Waals surface area contributed by atoms with E-state index in [0.29, 0.717) is 17.1 Å². The third-order valence-electron chi connectivity index (χ3n) is 6.74. The summed E-state index contributed by atoms with van der Waals surface area (Å²) < 4.78 is 22.8. The van der Waals surface area contributed by atoms with E-state index in [-0.39, 0.29) is 82.8 Å². The molecule has 0 unspecified atom stereocenters. The number of rotatable bonds is 7. The van der Waals surface area contributed by atoms with Crippen LogP contribution in [0, 0.1) is 19.7 Å². The fraction of sp³-hybridized carbons (Fsp3) is 0.250. The largest absolute Gasteiger partial charge is 1.00 e. The van der Waals surface area contributed by atoms with Gasteiger partial charge >= 0.3 is 29.6 Å². The van der Waals surface area contributed by atoms with Crippen molar-refractivity contribution in [2.24, 2.45) is 4.99 Å². The maximum Gasteiger partial charge on any atom is 1.00 e. The van der Waals surface area contributed by atoms with Crippen LogP contribution in [0.2, 0.25) is 0 Å². The van der Waals surface area contributed by atoms with Crippen LogP contribution < -0.4 is 34.3 Å². The molecule has 0 N–H and O–H groups in total. The van der Waals surface area contributed by atoms with E-state index < -0.39 is 5.82 Å². The number of carbonyl (C=O) groups excluding carboxylic acids is 2. The van der Waals surface area contributed by atoms with Gasteiger partial charge in [0.25, 0.3) is 0 Å². The maximum absolute atomic E-state index is 15.1. The van der Waals surface area contributed by atoms with E-state index in [1.807, 2.05) is 37.3 Å². The quantitative estimate of drug-likeness (QED) is 0.256. The second-order valence-electron chi connectivity index (χ2n) is 11.0. The SMILES string of the molecule is [CH2-]C1=Nc2nccc(Oc3ccc(CC(=O)Cc4cc(C(C)(C)C)nn4-c4ccc(C)cc4)c(F)c3)c2CC1=O.[Na+]. The Morgan fingerprint density at radius 1 is 1.07 bits per heavy atom. The maximum atomic E-state index is 15.1. The van der Waals surface area contributed by atoms with Gasteiger partial charge in [0.05, 0.1) is 17.1 Å². The summed E-state index contributed by atoms with van der Waals surface area (Å²) in [5.74, 6) is 0.0752. The molecule has 0 radical (unpaired) electrons. The zero-order valence-electron chi connectivity index (χ0n) is 24.0. The van der Waals surface area contributed by atoms with Crippen molar-refractivity contribution in [1.29, 1.82) is 0 Å². The van der Waals surface area contributed by atoms with Gasteiger partial charge in [0.1, 0.15) is 23.1 Å². The second kappa shape index (κ2) is 12.1. The zero-order valence-corrected chi connectivity index (χ0v) is 26.0. The second-order valence-corrected chi connectivity index (χ2v) is 11.0. The third kappa shape index (κ3) is 6.84. The van der Waals surface area contributed by atoms with Crippen LogP contribution in [-0.4, -0.2) is 32.0 Å². The van der Waals surface area contributed by atoms with Gasteiger partial charge in [-0.05, 0) is 49.2 Å². The van der Waals surface area contributed by atoms with E-state index in [0.717, 1.165) is 22.6 Å². The van der Waals surface area contributed by atoms with Crippen LogP contribution in [0.25, 0.3) is 5.69 Å². The predicted octanol–water partition coefficient (Wildman–Crippen LogP) is 3.19. The van der Waals surface area contributed by atoms with E-state index in [1.165, 1.54) is 12.3 Å². The van der Waals surface area contributed by atoms with E-state index in [9.17, 15) is 9.59 Å². The molecule has 1 aliphatic rings. The number of carbonyl (C=O) groups is 2. The van der Waals surface area contributed by atoms with Gasteiger partial charge in [-0.2, -0.15) is 5.10 Å². The Labute approximate surface area is 261 Å². The third-order valence-corrected chi connectivity index (χ3v) is 6.74. The molecule has 2 aromatic heterocycles. The minimum atomic E-state index is -0.551. The molecule has 0 spiro atoms. The molecule has 204 valence electrons. The van der Waals surface area contributed by atoms with Crippen LogP contribution in [0.15, 0.2) is 65.8 Å². The molecule has 7 nitrogen and oxygen atoms in total. The summed E-state index contributed by atoms with van der Waals surface area (Å²) in [5.41, 5.74) is 4.38. The number of pyridine rings is 1. The Balaban J connectivity index is 0.00000387. The molecule has 0 bridgehead atoms. The molecule has 0 atom stereocenters. The predicted molar refractivity (Wildman–Crippen MR) is 151 cm³/mol. The molecule has 0 amide bonds. The standard InChI is InChI=1S/C32H30FN4O3.Na/c1-19-6-9-22(10-7-19)37-23(16-30(36-37)32(3,4)5)15-24(38)14-21-8-11-25(17-27(21)33)40-29-12-13-34-31-26(29)18-28(39)20(2)35-31;/h6-13,16-17H,2,14-15,18H2,1,3-5H3;/q-1;+1. The van der Waals surface area contributed by atoms with Crippen LogP contribution >= 0.6 is 0 Å². The molecular weight excluding hydrogens is 530 g/mol. The molecule has 4 aromatic rings. The molecule has 0 fully saturated rings. The first kappa shape index (κ1) is 30.4. The van der Waals surface area contributed by atoms with Gasteiger partial charge in [0.15, 0.2) is 5.82 Å². The van der Waals surface area contributed by atoms with Crippen LogP contribution in [0.5, 0.6) is 11.5 Å².